The maximum atomic E-state index is 15.6. The summed E-state index contributed by atoms with van der Waals surface area (Å²) in [5.74, 6) is -3.07. The fraction of sp³-hybridized carbons (Fsp3) is 0.185. The molecule has 186 valence electrons. The van der Waals surface area contributed by atoms with Crippen molar-refractivity contribution >= 4 is 17.2 Å². The maximum absolute atomic E-state index is 15.6. The Kier molecular flexibility index (Phi) is 4.79. The monoisotopic (exact) mass is 519 g/mol. The minimum Gasteiger partial charge on any atom is -0.502 e. The number of benzene rings is 2. The summed E-state index contributed by atoms with van der Waals surface area (Å²) < 4.78 is 37.5. The predicted octanol–water partition coefficient (Wildman–Crippen LogP) is 4.08. The molecule has 4 aromatic rings. The number of carbonyl (C=O) groups excluding carboxylic acids is 1. The number of ether oxygens (including phenoxy) is 1. The van der Waals surface area contributed by atoms with Gasteiger partial charge in [0.05, 0.1) is 19.3 Å². The molecule has 7 rings (SSSR count). The number of aromatic nitrogens is 1. The zero-order chi connectivity index (χ0) is 25.4. The van der Waals surface area contributed by atoms with Gasteiger partial charge in [0.25, 0.3) is 5.91 Å². The normalized spacial score (nSPS) is 19.9. The molecule has 1 fully saturated rings. The Hall–Kier alpha value is -4.02. The predicted molar refractivity (Wildman–Crippen MR) is 133 cm³/mol. The van der Waals surface area contributed by atoms with E-state index >= 15 is 4.39 Å². The van der Waals surface area contributed by atoms with Gasteiger partial charge in [0.2, 0.25) is 5.43 Å². The minimum atomic E-state index is -0.959. The van der Waals surface area contributed by atoms with Crippen LogP contribution in [0.15, 0.2) is 64.9 Å². The van der Waals surface area contributed by atoms with Crippen molar-refractivity contribution in [1.29, 1.82) is 0 Å². The number of nitrogens with zero attached hydrogens (tertiary/aromatic N) is 3. The summed E-state index contributed by atoms with van der Waals surface area (Å²) in [6.07, 6.45) is 0.801. The lowest BCUT2D eigenvalue weighted by Crippen LogP contribution is -2.66. The highest BCUT2D eigenvalue weighted by atomic mass is 32.1. The Bertz CT molecular complexity index is 1670. The summed E-state index contributed by atoms with van der Waals surface area (Å²) in [6, 6.07) is 12.5. The van der Waals surface area contributed by atoms with Crippen molar-refractivity contribution in [2.45, 2.75) is 12.2 Å². The lowest BCUT2D eigenvalue weighted by atomic mass is 9.92. The van der Waals surface area contributed by atoms with Crippen LogP contribution in [0, 0.1) is 11.6 Å². The first-order valence-corrected chi connectivity index (χ1v) is 12.6. The van der Waals surface area contributed by atoms with Gasteiger partial charge in [0, 0.05) is 34.8 Å². The van der Waals surface area contributed by atoms with E-state index in [0.717, 1.165) is 22.1 Å². The fourth-order valence-corrected chi connectivity index (χ4v) is 6.66. The topological polar surface area (TPSA) is 75.0 Å². The molecule has 3 aliphatic rings. The molecule has 0 radical (unpaired) electrons. The van der Waals surface area contributed by atoms with Gasteiger partial charge in [-0.2, -0.15) is 0 Å². The van der Waals surface area contributed by atoms with Crippen molar-refractivity contribution in [2.75, 3.05) is 24.8 Å². The molecular weight excluding hydrogens is 500 g/mol. The third-order valence-electron chi connectivity index (χ3n) is 7.30. The number of rotatable bonds is 1. The second kappa shape index (κ2) is 7.99. The number of halogens is 2. The molecule has 2 atom stereocenters. The first-order valence-electron chi connectivity index (χ1n) is 11.7. The van der Waals surface area contributed by atoms with Crippen molar-refractivity contribution in [1.82, 2.24) is 9.58 Å². The van der Waals surface area contributed by atoms with Crippen LogP contribution in [0.5, 0.6) is 5.75 Å². The molecule has 0 bridgehead atoms. The third-order valence-corrected chi connectivity index (χ3v) is 8.24. The molecule has 1 saturated heterocycles. The van der Waals surface area contributed by atoms with Gasteiger partial charge in [0.15, 0.2) is 23.1 Å². The number of thiophene rings is 1. The maximum Gasteiger partial charge on any atom is 0.278 e. The lowest BCUT2D eigenvalue weighted by molar-refractivity contribution is -0.0196. The second-order valence-electron chi connectivity index (χ2n) is 9.13. The Labute approximate surface area is 213 Å². The largest absolute Gasteiger partial charge is 0.502 e. The molecule has 2 aromatic heterocycles. The number of morpholine rings is 1. The average molecular weight is 520 g/mol. The van der Waals surface area contributed by atoms with Gasteiger partial charge in [0.1, 0.15) is 6.17 Å². The Morgan fingerprint density at radius 2 is 1.84 bits per heavy atom. The molecule has 0 spiro atoms. The minimum absolute atomic E-state index is 0.143. The molecule has 2 aliphatic heterocycles. The van der Waals surface area contributed by atoms with Crippen LogP contribution >= 0.6 is 11.3 Å². The third kappa shape index (κ3) is 2.99. The van der Waals surface area contributed by atoms with Crippen molar-refractivity contribution in [3.8, 4) is 27.3 Å². The molecule has 1 aliphatic carbocycles. The highest BCUT2D eigenvalue weighted by Crippen LogP contribution is 2.50. The molecular formula is C27H19F2N3O4S. The summed E-state index contributed by atoms with van der Waals surface area (Å²) in [6.45, 7) is 0.690. The molecule has 10 heteroatoms. The van der Waals surface area contributed by atoms with Crippen LogP contribution in [0.25, 0.3) is 21.6 Å². The molecule has 2 aromatic carbocycles. The number of amides is 1. The molecule has 4 heterocycles. The van der Waals surface area contributed by atoms with Crippen molar-refractivity contribution < 1.29 is 23.4 Å². The van der Waals surface area contributed by atoms with Gasteiger partial charge < -0.3 is 14.7 Å². The summed E-state index contributed by atoms with van der Waals surface area (Å²) in [5.41, 5.74) is 2.02. The number of hydrogen-bond acceptors (Lipinski definition) is 6. The Morgan fingerprint density at radius 1 is 1.00 bits per heavy atom. The van der Waals surface area contributed by atoms with E-state index in [9.17, 15) is 19.1 Å². The van der Waals surface area contributed by atoms with Crippen molar-refractivity contribution in [3.05, 3.63) is 98.8 Å². The summed E-state index contributed by atoms with van der Waals surface area (Å²) >= 11 is 1.44. The average Bonchev–Trinajstić information content (AvgIpc) is 3.35. The van der Waals surface area contributed by atoms with Crippen molar-refractivity contribution in [2.24, 2.45) is 0 Å². The summed E-state index contributed by atoms with van der Waals surface area (Å²) in [7, 11) is 0. The standard InChI is InChI=1S/C27H19F2N3O4S/c28-18-6-5-16-21(22(18)29)17-8-12-37-26(17)15-4-2-1-3-14(15)23(16)32-20-13-36-11-10-30(20)27(35)24-25(34)19(33)7-9-31(24)32/h1-9,12,20,23,34H,10-11,13H2/t20-,23-/m1/s1. The molecule has 37 heavy (non-hydrogen) atoms. The first-order chi connectivity index (χ1) is 18.0. The molecule has 1 N–H and O–H groups in total. The van der Waals surface area contributed by atoms with E-state index < -0.39 is 40.9 Å². The van der Waals surface area contributed by atoms with Gasteiger partial charge in [-0.15, -0.1) is 11.3 Å². The van der Waals surface area contributed by atoms with Gasteiger partial charge in [-0.25, -0.2) is 8.78 Å². The van der Waals surface area contributed by atoms with E-state index in [4.69, 9.17) is 4.74 Å². The number of fused-ring (bicyclic) bond motifs is 7. The zero-order valence-corrected chi connectivity index (χ0v) is 20.0. The lowest BCUT2D eigenvalue weighted by Gasteiger charge is -2.51. The summed E-state index contributed by atoms with van der Waals surface area (Å²) in [4.78, 5) is 28.2. The zero-order valence-electron chi connectivity index (χ0n) is 19.2. The number of aromatic hydroxyl groups is 1. The van der Waals surface area contributed by atoms with E-state index in [1.807, 2.05) is 34.7 Å². The van der Waals surface area contributed by atoms with Crippen LogP contribution in [0.4, 0.5) is 8.78 Å². The smallest absolute Gasteiger partial charge is 0.278 e. The van der Waals surface area contributed by atoms with Gasteiger partial charge in [-0.1, -0.05) is 30.3 Å². The van der Waals surface area contributed by atoms with Crippen LogP contribution in [-0.4, -0.2) is 46.5 Å². The van der Waals surface area contributed by atoms with Crippen LogP contribution < -0.4 is 10.4 Å². The van der Waals surface area contributed by atoms with E-state index in [1.165, 1.54) is 28.3 Å². The van der Waals surface area contributed by atoms with E-state index in [0.29, 0.717) is 17.7 Å². The molecule has 7 nitrogen and oxygen atoms in total. The van der Waals surface area contributed by atoms with Gasteiger partial charge >= 0.3 is 0 Å². The van der Waals surface area contributed by atoms with Crippen LogP contribution in [0.3, 0.4) is 0 Å². The van der Waals surface area contributed by atoms with Crippen LogP contribution in [-0.2, 0) is 4.74 Å². The highest BCUT2D eigenvalue weighted by Gasteiger charge is 2.46. The Balaban J connectivity index is 1.59. The molecule has 0 unspecified atom stereocenters. The number of pyridine rings is 1. The second-order valence-corrected chi connectivity index (χ2v) is 10.1. The molecule has 0 saturated carbocycles. The van der Waals surface area contributed by atoms with Crippen molar-refractivity contribution in [3.63, 3.8) is 0 Å². The first kappa shape index (κ1) is 22.2. The van der Waals surface area contributed by atoms with Gasteiger partial charge in [-0.05, 0) is 34.2 Å². The molecule has 1 amide bonds. The van der Waals surface area contributed by atoms with E-state index in [2.05, 4.69) is 0 Å². The summed E-state index contributed by atoms with van der Waals surface area (Å²) in [5, 5.41) is 14.4. The quantitative estimate of drug-likeness (QED) is 0.410. The van der Waals surface area contributed by atoms with Crippen LogP contribution in [0.1, 0.15) is 27.7 Å². The van der Waals surface area contributed by atoms with E-state index in [-0.39, 0.29) is 24.4 Å². The number of carbonyl (C=O) groups is 1. The Morgan fingerprint density at radius 3 is 2.70 bits per heavy atom. The van der Waals surface area contributed by atoms with Gasteiger partial charge in [-0.3, -0.25) is 19.3 Å². The fourth-order valence-electron chi connectivity index (χ4n) is 5.71. The van der Waals surface area contributed by atoms with E-state index in [1.54, 1.807) is 17.0 Å². The number of hydrogen-bond donors (Lipinski definition) is 1. The van der Waals surface area contributed by atoms with Crippen LogP contribution in [0.2, 0.25) is 0 Å². The highest BCUT2D eigenvalue weighted by molar-refractivity contribution is 7.14. The SMILES string of the molecule is O=C1c2c(O)c(=O)ccn2N([C@@H]2c3ccccc3-c3sccc3-c3c2ccc(F)c3F)[C@@H]2COCCN12.